The minimum atomic E-state index is -0.208. The van der Waals surface area contributed by atoms with Crippen LogP contribution in [-0.2, 0) is 11.8 Å². The van der Waals surface area contributed by atoms with Crippen LogP contribution in [0.3, 0.4) is 0 Å². The van der Waals surface area contributed by atoms with E-state index in [0.717, 1.165) is 10.0 Å². The standard InChI is InChI=1S/C18H21BrFN/c1-18(2,3)14-6-4-12(5-7-14)17(21)11-13-10-15(19)8-9-16(13)20/h4-10,17H,11,21H2,1-3H3. The van der Waals surface area contributed by atoms with Gasteiger partial charge in [0.25, 0.3) is 0 Å². The molecule has 0 heterocycles. The molecule has 0 aliphatic carbocycles. The van der Waals surface area contributed by atoms with E-state index >= 15 is 0 Å². The minimum absolute atomic E-state index is 0.124. The third-order valence-electron chi connectivity index (χ3n) is 3.65. The Bertz CT molecular complexity index is 614. The van der Waals surface area contributed by atoms with Crippen molar-refractivity contribution in [2.75, 3.05) is 0 Å². The van der Waals surface area contributed by atoms with Crippen LogP contribution in [0.15, 0.2) is 46.9 Å². The van der Waals surface area contributed by atoms with Crippen LogP contribution < -0.4 is 5.73 Å². The lowest BCUT2D eigenvalue weighted by atomic mass is 9.86. The summed E-state index contributed by atoms with van der Waals surface area (Å²) >= 11 is 3.37. The van der Waals surface area contributed by atoms with Gasteiger partial charge < -0.3 is 5.73 Å². The van der Waals surface area contributed by atoms with Gasteiger partial charge in [0.15, 0.2) is 0 Å². The van der Waals surface area contributed by atoms with E-state index in [4.69, 9.17) is 5.73 Å². The van der Waals surface area contributed by atoms with E-state index in [9.17, 15) is 4.39 Å². The van der Waals surface area contributed by atoms with E-state index in [1.165, 1.54) is 11.6 Å². The second-order valence-corrected chi connectivity index (χ2v) is 7.33. The Labute approximate surface area is 134 Å². The SMILES string of the molecule is CC(C)(C)c1ccc(C(N)Cc2cc(Br)ccc2F)cc1. The normalized spacial score (nSPS) is 13.2. The van der Waals surface area contributed by atoms with Crippen molar-refractivity contribution < 1.29 is 4.39 Å². The molecule has 2 rings (SSSR count). The maximum atomic E-state index is 13.8. The molecule has 0 fully saturated rings. The largest absolute Gasteiger partial charge is 0.324 e. The second kappa shape index (κ2) is 6.29. The highest BCUT2D eigenvalue weighted by Gasteiger charge is 2.15. The van der Waals surface area contributed by atoms with Gasteiger partial charge in [0.05, 0.1) is 0 Å². The van der Waals surface area contributed by atoms with Gasteiger partial charge in [0.1, 0.15) is 5.82 Å². The van der Waals surface area contributed by atoms with Crippen molar-refractivity contribution >= 4 is 15.9 Å². The summed E-state index contributed by atoms with van der Waals surface area (Å²) in [5.41, 5.74) is 9.28. The van der Waals surface area contributed by atoms with Gasteiger partial charge in [-0.15, -0.1) is 0 Å². The highest BCUT2D eigenvalue weighted by molar-refractivity contribution is 9.10. The summed E-state index contributed by atoms with van der Waals surface area (Å²) in [4.78, 5) is 0. The fraction of sp³-hybridized carbons (Fsp3) is 0.333. The molecule has 0 saturated heterocycles. The molecule has 2 N–H and O–H groups in total. The van der Waals surface area contributed by atoms with Crippen LogP contribution >= 0.6 is 15.9 Å². The lowest BCUT2D eigenvalue weighted by molar-refractivity contribution is 0.586. The first kappa shape index (κ1) is 16.2. The molecule has 0 spiro atoms. The average molecular weight is 350 g/mol. The molecular weight excluding hydrogens is 329 g/mol. The van der Waals surface area contributed by atoms with Gasteiger partial charge in [0, 0.05) is 10.5 Å². The molecule has 0 aromatic heterocycles. The van der Waals surface area contributed by atoms with Gasteiger partial charge in [-0.05, 0) is 46.7 Å². The van der Waals surface area contributed by atoms with Crippen LogP contribution in [0.2, 0.25) is 0 Å². The first-order valence-electron chi connectivity index (χ1n) is 7.07. The van der Waals surface area contributed by atoms with Crippen molar-refractivity contribution in [3.63, 3.8) is 0 Å². The third-order valence-corrected chi connectivity index (χ3v) is 4.15. The first-order chi connectivity index (χ1) is 9.77. The zero-order valence-corrected chi connectivity index (χ0v) is 14.2. The molecule has 0 saturated carbocycles. The Hall–Kier alpha value is -1.19. The van der Waals surface area contributed by atoms with E-state index in [1.54, 1.807) is 12.1 Å². The Kier molecular flexibility index (Phi) is 4.84. The number of nitrogens with two attached hydrogens (primary N) is 1. The summed E-state index contributed by atoms with van der Waals surface area (Å²) in [6.45, 7) is 6.54. The molecule has 0 aliphatic rings. The van der Waals surface area contributed by atoms with Gasteiger partial charge >= 0.3 is 0 Å². The van der Waals surface area contributed by atoms with Crippen molar-refractivity contribution in [1.29, 1.82) is 0 Å². The maximum absolute atomic E-state index is 13.8. The van der Waals surface area contributed by atoms with Crippen molar-refractivity contribution in [3.05, 3.63) is 69.4 Å². The number of hydrogen-bond donors (Lipinski definition) is 1. The summed E-state index contributed by atoms with van der Waals surface area (Å²) in [5.74, 6) is -0.208. The monoisotopic (exact) mass is 349 g/mol. The lowest BCUT2D eigenvalue weighted by Gasteiger charge is -2.20. The summed E-state index contributed by atoms with van der Waals surface area (Å²) in [6.07, 6.45) is 0.486. The first-order valence-corrected chi connectivity index (χ1v) is 7.86. The van der Waals surface area contributed by atoms with Gasteiger partial charge in [-0.25, -0.2) is 4.39 Å². The Morgan fingerprint density at radius 3 is 2.29 bits per heavy atom. The van der Waals surface area contributed by atoms with Crippen molar-refractivity contribution in [2.24, 2.45) is 5.73 Å². The predicted octanol–water partition coefficient (Wildman–Crippen LogP) is 5.13. The molecule has 3 heteroatoms. The molecule has 1 nitrogen and oxygen atoms in total. The Morgan fingerprint density at radius 1 is 1.10 bits per heavy atom. The fourth-order valence-electron chi connectivity index (χ4n) is 2.28. The van der Waals surface area contributed by atoms with E-state index in [1.807, 2.05) is 12.1 Å². The summed E-state index contributed by atoms with van der Waals surface area (Å²) in [7, 11) is 0. The van der Waals surface area contributed by atoms with Crippen LogP contribution in [0.5, 0.6) is 0 Å². The van der Waals surface area contributed by atoms with Gasteiger partial charge in [-0.2, -0.15) is 0 Å². The van der Waals surface area contributed by atoms with Gasteiger partial charge in [-0.1, -0.05) is 61.0 Å². The zero-order chi connectivity index (χ0) is 15.6. The quantitative estimate of drug-likeness (QED) is 0.816. The fourth-order valence-corrected chi connectivity index (χ4v) is 2.69. The molecule has 0 amide bonds. The lowest BCUT2D eigenvalue weighted by Crippen LogP contribution is -2.15. The summed E-state index contributed by atoms with van der Waals surface area (Å²) in [6, 6.07) is 13.0. The molecule has 0 bridgehead atoms. The van der Waals surface area contributed by atoms with E-state index < -0.39 is 0 Å². The maximum Gasteiger partial charge on any atom is 0.126 e. The van der Waals surface area contributed by atoms with Crippen LogP contribution in [0.1, 0.15) is 43.5 Å². The van der Waals surface area contributed by atoms with Gasteiger partial charge in [-0.3, -0.25) is 0 Å². The molecule has 1 unspecified atom stereocenters. The molecular formula is C18H21BrFN. The summed E-state index contributed by atoms with van der Waals surface area (Å²) in [5, 5.41) is 0. The van der Waals surface area contributed by atoms with Crippen LogP contribution in [-0.4, -0.2) is 0 Å². The smallest absolute Gasteiger partial charge is 0.126 e. The molecule has 0 aliphatic heterocycles. The molecule has 1 atom stereocenters. The number of rotatable bonds is 3. The van der Waals surface area contributed by atoms with Crippen molar-refractivity contribution in [3.8, 4) is 0 Å². The molecule has 21 heavy (non-hydrogen) atoms. The van der Waals surface area contributed by atoms with E-state index in [0.29, 0.717) is 12.0 Å². The Balaban J connectivity index is 2.17. The minimum Gasteiger partial charge on any atom is -0.324 e. The molecule has 0 radical (unpaired) electrons. The van der Waals surface area contributed by atoms with Gasteiger partial charge in [0.2, 0.25) is 0 Å². The third kappa shape index (κ3) is 4.14. The number of benzene rings is 2. The van der Waals surface area contributed by atoms with Crippen molar-refractivity contribution in [1.82, 2.24) is 0 Å². The van der Waals surface area contributed by atoms with Crippen LogP contribution in [0.4, 0.5) is 4.39 Å². The summed E-state index contributed by atoms with van der Waals surface area (Å²) < 4.78 is 14.7. The zero-order valence-electron chi connectivity index (χ0n) is 12.7. The highest BCUT2D eigenvalue weighted by Crippen LogP contribution is 2.25. The average Bonchev–Trinajstić information content (AvgIpc) is 2.42. The number of halogens is 2. The Morgan fingerprint density at radius 2 is 1.71 bits per heavy atom. The topological polar surface area (TPSA) is 26.0 Å². The predicted molar refractivity (Wildman–Crippen MR) is 89.9 cm³/mol. The molecule has 112 valence electrons. The highest BCUT2D eigenvalue weighted by atomic mass is 79.9. The van der Waals surface area contributed by atoms with Crippen LogP contribution in [0.25, 0.3) is 0 Å². The second-order valence-electron chi connectivity index (χ2n) is 6.42. The number of hydrogen-bond acceptors (Lipinski definition) is 1. The van der Waals surface area contributed by atoms with E-state index in [-0.39, 0.29) is 17.3 Å². The van der Waals surface area contributed by atoms with E-state index in [2.05, 4.69) is 48.8 Å². The molecule has 2 aromatic rings. The molecule has 2 aromatic carbocycles. The van der Waals surface area contributed by atoms with Crippen molar-refractivity contribution in [2.45, 2.75) is 38.6 Å². The van der Waals surface area contributed by atoms with Crippen LogP contribution in [0, 0.1) is 5.82 Å².